The highest BCUT2D eigenvalue weighted by Gasteiger charge is 2.19. The zero-order chi connectivity index (χ0) is 12.7. The molecule has 1 rings (SSSR count). The summed E-state index contributed by atoms with van der Waals surface area (Å²) in [5.41, 5.74) is 6.59. The lowest BCUT2D eigenvalue weighted by Crippen LogP contribution is -2.33. The molecule has 1 heterocycles. The minimum atomic E-state index is -0.127. The average molecular weight is 235 g/mol. The fourth-order valence-corrected chi connectivity index (χ4v) is 1.46. The van der Waals surface area contributed by atoms with Gasteiger partial charge >= 0.3 is 0 Å². The first-order valence-corrected chi connectivity index (χ1v) is 5.89. The van der Waals surface area contributed by atoms with Gasteiger partial charge < -0.3 is 11.1 Å². The SMILES string of the molecule is CC(C)(CN)CC(=O)NCCc1cccnc1. The van der Waals surface area contributed by atoms with Gasteiger partial charge in [0.25, 0.3) is 0 Å². The molecule has 0 saturated carbocycles. The summed E-state index contributed by atoms with van der Waals surface area (Å²) >= 11 is 0. The Balaban J connectivity index is 2.25. The van der Waals surface area contributed by atoms with E-state index in [9.17, 15) is 4.79 Å². The maximum atomic E-state index is 11.6. The molecule has 0 atom stereocenters. The molecule has 0 bridgehead atoms. The smallest absolute Gasteiger partial charge is 0.220 e. The largest absolute Gasteiger partial charge is 0.356 e. The Labute approximate surface area is 103 Å². The average Bonchev–Trinajstić information content (AvgIpc) is 2.30. The zero-order valence-electron chi connectivity index (χ0n) is 10.6. The third-order valence-corrected chi connectivity index (χ3v) is 2.65. The maximum Gasteiger partial charge on any atom is 0.220 e. The molecule has 0 aliphatic rings. The van der Waals surface area contributed by atoms with Crippen molar-refractivity contribution >= 4 is 5.91 Å². The number of rotatable bonds is 6. The van der Waals surface area contributed by atoms with Gasteiger partial charge in [0.15, 0.2) is 0 Å². The molecule has 0 spiro atoms. The number of nitrogens with two attached hydrogens (primary N) is 1. The monoisotopic (exact) mass is 235 g/mol. The van der Waals surface area contributed by atoms with Crippen molar-refractivity contribution in [1.82, 2.24) is 10.3 Å². The Morgan fingerprint density at radius 1 is 1.53 bits per heavy atom. The van der Waals surface area contributed by atoms with E-state index in [4.69, 9.17) is 5.73 Å². The number of aromatic nitrogens is 1. The molecular weight excluding hydrogens is 214 g/mol. The predicted molar refractivity (Wildman–Crippen MR) is 68.4 cm³/mol. The minimum absolute atomic E-state index is 0.0596. The molecule has 0 aliphatic heterocycles. The van der Waals surface area contributed by atoms with Crippen LogP contribution in [-0.4, -0.2) is 24.0 Å². The third-order valence-electron chi connectivity index (χ3n) is 2.65. The van der Waals surface area contributed by atoms with Crippen LogP contribution in [0.5, 0.6) is 0 Å². The number of nitrogens with zero attached hydrogens (tertiary/aromatic N) is 1. The van der Waals surface area contributed by atoms with Crippen LogP contribution in [-0.2, 0) is 11.2 Å². The van der Waals surface area contributed by atoms with Crippen LogP contribution in [0.25, 0.3) is 0 Å². The number of pyridine rings is 1. The molecule has 1 aromatic heterocycles. The topological polar surface area (TPSA) is 68.0 Å². The van der Waals surface area contributed by atoms with Crippen molar-refractivity contribution < 1.29 is 4.79 Å². The maximum absolute atomic E-state index is 11.6. The van der Waals surface area contributed by atoms with Gasteiger partial charge in [0.2, 0.25) is 5.91 Å². The van der Waals surface area contributed by atoms with Crippen LogP contribution in [0.2, 0.25) is 0 Å². The molecule has 4 nitrogen and oxygen atoms in total. The highest BCUT2D eigenvalue weighted by atomic mass is 16.1. The lowest BCUT2D eigenvalue weighted by molar-refractivity contribution is -0.122. The van der Waals surface area contributed by atoms with E-state index in [2.05, 4.69) is 10.3 Å². The van der Waals surface area contributed by atoms with Gasteiger partial charge in [-0.15, -0.1) is 0 Å². The second-order valence-corrected chi connectivity index (χ2v) is 5.01. The van der Waals surface area contributed by atoms with E-state index in [0.717, 1.165) is 12.0 Å². The number of carbonyl (C=O) groups is 1. The second kappa shape index (κ2) is 6.35. The van der Waals surface area contributed by atoms with Gasteiger partial charge in [-0.05, 0) is 30.0 Å². The Morgan fingerprint density at radius 2 is 2.29 bits per heavy atom. The molecule has 3 N–H and O–H groups in total. The van der Waals surface area contributed by atoms with Crippen LogP contribution in [0.3, 0.4) is 0 Å². The molecule has 17 heavy (non-hydrogen) atoms. The van der Waals surface area contributed by atoms with Crippen molar-refractivity contribution in [3.8, 4) is 0 Å². The first-order valence-electron chi connectivity index (χ1n) is 5.89. The summed E-state index contributed by atoms with van der Waals surface area (Å²) in [6, 6.07) is 3.90. The van der Waals surface area contributed by atoms with Crippen LogP contribution >= 0.6 is 0 Å². The molecule has 1 amide bonds. The number of nitrogens with one attached hydrogen (secondary N) is 1. The molecule has 0 unspecified atom stereocenters. The molecule has 94 valence electrons. The van der Waals surface area contributed by atoms with Crippen LogP contribution in [0.1, 0.15) is 25.8 Å². The van der Waals surface area contributed by atoms with Crippen LogP contribution in [0.4, 0.5) is 0 Å². The molecule has 0 fully saturated rings. The second-order valence-electron chi connectivity index (χ2n) is 5.01. The lowest BCUT2D eigenvalue weighted by atomic mass is 9.89. The molecule has 0 radical (unpaired) electrons. The fraction of sp³-hybridized carbons (Fsp3) is 0.538. The van der Waals surface area contributed by atoms with Crippen LogP contribution in [0.15, 0.2) is 24.5 Å². The Hall–Kier alpha value is -1.42. The van der Waals surface area contributed by atoms with E-state index >= 15 is 0 Å². The van der Waals surface area contributed by atoms with Gasteiger partial charge in [0.05, 0.1) is 0 Å². The van der Waals surface area contributed by atoms with Gasteiger partial charge in [-0.3, -0.25) is 9.78 Å². The summed E-state index contributed by atoms with van der Waals surface area (Å²) in [6.07, 6.45) is 4.83. The Morgan fingerprint density at radius 3 is 2.88 bits per heavy atom. The lowest BCUT2D eigenvalue weighted by Gasteiger charge is -2.21. The van der Waals surface area contributed by atoms with E-state index in [1.54, 1.807) is 6.20 Å². The molecular formula is C13H21N3O. The first kappa shape index (κ1) is 13.6. The van der Waals surface area contributed by atoms with Gasteiger partial charge in [-0.1, -0.05) is 19.9 Å². The van der Waals surface area contributed by atoms with Gasteiger partial charge in [-0.2, -0.15) is 0 Å². The zero-order valence-corrected chi connectivity index (χ0v) is 10.6. The van der Waals surface area contributed by atoms with E-state index in [0.29, 0.717) is 19.5 Å². The minimum Gasteiger partial charge on any atom is -0.356 e. The third kappa shape index (κ3) is 5.45. The van der Waals surface area contributed by atoms with Crippen molar-refractivity contribution in [2.75, 3.05) is 13.1 Å². The summed E-state index contributed by atoms with van der Waals surface area (Å²) < 4.78 is 0. The highest BCUT2D eigenvalue weighted by Crippen LogP contribution is 2.17. The standard InChI is InChI=1S/C13H21N3O/c1-13(2,10-14)8-12(17)16-7-5-11-4-3-6-15-9-11/h3-4,6,9H,5,7-8,10,14H2,1-2H3,(H,16,17). The summed E-state index contributed by atoms with van der Waals surface area (Å²) in [5, 5.41) is 2.90. The van der Waals surface area contributed by atoms with E-state index in [1.165, 1.54) is 0 Å². The highest BCUT2D eigenvalue weighted by molar-refractivity contribution is 5.76. The van der Waals surface area contributed by atoms with Crippen molar-refractivity contribution in [1.29, 1.82) is 0 Å². The summed E-state index contributed by atoms with van der Waals surface area (Å²) in [7, 11) is 0. The van der Waals surface area contributed by atoms with Gasteiger partial charge in [0.1, 0.15) is 0 Å². The molecule has 4 heteroatoms. The Bertz CT molecular complexity index is 349. The van der Waals surface area contributed by atoms with Crippen LogP contribution < -0.4 is 11.1 Å². The van der Waals surface area contributed by atoms with Gasteiger partial charge in [0, 0.05) is 25.4 Å². The van der Waals surface area contributed by atoms with E-state index in [1.807, 2.05) is 32.2 Å². The van der Waals surface area contributed by atoms with E-state index < -0.39 is 0 Å². The number of hydrogen-bond donors (Lipinski definition) is 2. The molecule has 0 aromatic carbocycles. The predicted octanol–water partition coefficient (Wildman–Crippen LogP) is 1.12. The number of hydrogen-bond acceptors (Lipinski definition) is 3. The molecule has 0 saturated heterocycles. The summed E-state index contributed by atoms with van der Waals surface area (Å²) in [5.74, 6) is 0.0596. The van der Waals surface area contributed by atoms with Crippen molar-refractivity contribution in [3.63, 3.8) is 0 Å². The Kier molecular flexibility index (Phi) is 5.10. The van der Waals surface area contributed by atoms with Crippen molar-refractivity contribution in [2.24, 2.45) is 11.1 Å². The molecule has 1 aromatic rings. The quantitative estimate of drug-likeness (QED) is 0.776. The number of carbonyl (C=O) groups excluding carboxylic acids is 1. The van der Waals surface area contributed by atoms with Crippen molar-refractivity contribution in [2.45, 2.75) is 26.7 Å². The fourth-order valence-electron chi connectivity index (χ4n) is 1.46. The summed E-state index contributed by atoms with van der Waals surface area (Å²) in [6.45, 7) is 5.15. The normalized spacial score (nSPS) is 11.2. The van der Waals surface area contributed by atoms with Gasteiger partial charge in [-0.25, -0.2) is 0 Å². The van der Waals surface area contributed by atoms with Crippen molar-refractivity contribution in [3.05, 3.63) is 30.1 Å². The summed E-state index contributed by atoms with van der Waals surface area (Å²) in [4.78, 5) is 15.7. The molecule has 0 aliphatic carbocycles. The van der Waals surface area contributed by atoms with Crippen LogP contribution in [0, 0.1) is 5.41 Å². The first-order chi connectivity index (χ1) is 8.03. The number of amides is 1. The van der Waals surface area contributed by atoms with E-state index in [-0.39, 0.29) is 11.3 Å².